The molecule has 3 aromatic carbocycles. The Morgan fingerprint density at radius 2 is 1.60 bits per heavy atom. The van der Waals surface area contributed by atoms with Crippen molar-refractivity contribution < 1.29 is 29.0 Å². The van der Waals surface area contributed by atoms with Crippen LogP contribution in [0.25, 0.3) is 0 Å². The summed E-state index contributed by atoms with van der Waals surface area (Å²) in [5.74, 6) is -1.48. The van der Waals surface area contributed by atoms with Gasteiger partial charge in [0.05, 0.1) is 17.7 Å². The number of anilines is 1. The molecule has 1 aliphatic heterocycles. The predicted molar refractivity (Wildman–Crippen MR) is 158 cm³/mol. The van der Waals surface area contributed by atoms with Crippen molar-refractivity contribution in [3.05, 3.63) is 101 Å². The zero-order chi connectivity index (χ0) is 30.5. The van der Waals surface area contributed by atoms with Gasteiger partial charge in [-0.3, -0.25) is 14.5 Å². The average Bonchev–Trinajstić information content (AvgIpc) is 3.03. The number of para-hydroxylation sites is 1. The molecular weight excluding hydrogens is 536 g/mol. The van der Waals surface area contributed by atoms with Gasteiger partial charge in [-0.2, -0.15) is 0 Å². The third kappa shape index (κ3) is 6.88. The van der Waals surface area contributed by atoms with Crippen molar-refractivity contribution in [2.24, 2.45) is 5.73 Å². The fraction of sp³-hybridized carbons (Fsp3) is 0.312. The van der Waals surface area contributed by atoms with Crippen molar-refractivity contribution in [2.75, 3.05) is 18.0 Å². The monoisotopic (exact) mass is 572 g/mol. The first-order chi connectivity index (χ1) is 19.9. The maximum absolute atomic E-state index is 13.9. The summed E-state index contributed by atoms with van der Waals surface area (Å²) in [6.07, 6.45) is -0.541. The van der Waals surface area contributed by atoms with Crippen molar-refractivity contribution in [3.63, 3.8) is 0 Å². The standard InChI is InChI=1S/C32H36N4O6/c1-31(2,3)42-30(41)34-20-23-13-15-24(16-14-23)32(19-27(37)38)21-35(18-17-22-9-5-4-6-10-22)28(39)25-11-7-8-12-26(25)36(32)29(33)40/h4-16H,17-21H2,1-3H3,(H2,33,40)(H,34,41)(H,37,38). The minimum Gasteiger partial charge on any atom is -0.481 e. The molecule has 1 heterocycles. The topological polar surface area (TPSA) is 142 Å². The van der Waals surface area contributed by atoms with Crippen LogP contribution in [0, 0.1) is 0 Å². The fourth-order valence-corrected chi connectivity index (χ4v) is 5.26. The largest absolute Gasteiger partial charge is 0.481 e. The van der Waals surface area contributed by atoms with Gasteiger partial charge in [-0.1, -0.05) is 66.7 Å². The molecule has 3 aromatic rings. The van der Waals surface area contributed by atoms with E-state index < -0.39 is 35.7 Å². The van der Waals surface area contributed by atoms with E-state index >= 15 is 0 Å². The summed E-state index contributed by atoms with van der Waals surface area (Å²) in [6, 6.07) is 22.3. The van der Waals surface area contributed by atoms with Gasteiger partial charge in [-0.25, -0.2) is 9.59 Å². The molecule has 0 fully saturated rings. The second kappa shape index (κ2) is 12.3. The number of hydrogen-bond acceptors (Lipinski definition) is 5. The molecule has 1 aliphatic rings. The number of carboxylic acids is 1. The molecule has 10 heteroatoms. The Labute approximate surface area is 245 Å². The SMILES string of the molecule is CC(C)(C)OC(=O)NCc1ccc(C2(CC(=O)O)CN(CCc3ccccc3)C(=O)c3ccccc3N2C(N)=O)cc1. The molecule has 0 saturated heterocycles. The Morgan fingerprint density at radius 1 is 0.952 bits per heavy atom. The van der Waals surface area contributed by atoms with E-state index in [1.54, 1.807) is 74.2 Å². The van der Waals surface area contributed by atoms with Crippen molar-refractivity contribution in [1.82, 2.24) is 10.2 Å². The number of primary amides is 1. The molecule has 1 unspecified atom stereocenters. The highest BCUT2D eigenvalue weighted by Gasteiger charge is 2.49. The maximum atomic E-state index is 13.9. The fourth-order valence-electron chi connectivity index (χ4n) is 5.26. The molecule has 0 saturated carbocycles. The number of carboxylic acid groups (broad SMARTS) is 1. The Hall–Kier alpha value is -4.86. The highest BCUT2D eigenvalue weighted by molar-refractivity contribution is 6.06. The number of hydrogen-bond donors (Lipinski definition) is 3. The second-order valence-corrected chi connectivity index (χ2v) is 11.3. The quantitative estimate of drug-likeness (QED) is 0.358. The molecule has 10 nitrogen and oxygen atoms in total. The molecule has 4 rings (SSSR count). The van der Waals surface area contributed by atoms with E-state index in [-0.39, 0.29) is 30.2 Å². The Bertz CT molecular complexity index is 1450. The lowest BCUT2D eigenvalue weighted by Gasteiger charge is -2.43. The van der Waals surface area contributed by atoms with E-state index in [0.717, 1.165) is 11.1 Å². The van der Waals surface area contributed by atoms with Gasteiger partial charge in [0.2, 0.25) is 0 Å². The summed E-state index contributed by atoms with van der Waals surface area (Å²) >= 11 is 0. The zero-order valence-electron chi connectivity index (χ0n) is 24.0. The normalized spacial score (nSPS) is 16.8. The van der Waals surface area contributed by atoms with E-state index in [2.05, 4.69) is 5.32 Å². The van der Waals surface area contributed by atoms with Gasteiger partial charge in [0, 0.05) is 19.6 Å². The first-order valence-electron chi connectivity index (χ1n) is 13.7. The lowest BCUT2D eigenvalue weighted by molar-refractivity contribution is -0.138. The molecule has 0 aromatic heterocycles. The van der Waals surface area contributed by atoms with Crippen molar-refractivity contribution in [1.29, 1.82) is 0 Å². The number of alkyl carbamates (subject to hydrolysis) is 1. The molecule has 42 heavy (non-hydrogen) atoms. The number of nitrogens with two attached hydrogens (primary N) is 1. The van der Waals surface area contributed by atoms with Crippen LogP contribution in [0.1, 0.15) is 54.2 Å². The van der Waals surface area contributed by atoms with E-state index in [4.69, 9.17) is 10.5 Å². The molecular formula is C32H36N4O6. The second-order valence-electron chi connectivity index (χ2n) is 11.3. The first-order valence-corrected chi connectivity index (χ1v) is 13.7. The molecule has 4 N–H and O–H groups in total. The van der Waals surface area contributed by atoms with E-state index in [1.807, 2.05) is 30.3 Å². The van der Waals surface area contributed by atoms with E-state index in [9.17, 15) is 24.3 Å². The molecule has 0 bridgehead atoms. The number of amides is 4. The number of aliphatic carboxylic acids is 1. The van der Waals surface area contributed by atoms with Gasteiger partial charge in [-0.15, -0.1) is 0 Å². The van der Waals surface area contributed by atoms with Gasteiger partial charge in [0.25, 0.3) is 5.91 Å². The summed E-state index contributed by atoms with van der Waals surface area (Å²) in [7, 11) is 0. The van der Waals surface area contributed by atoms with Crippen LogP contribution in [-0.2, 0) is 28.0 Å². The predicted octanol–water partition coefficient (Wildman–Crippen LogP) is 4.67. The zero-order valence-corrected chi connectivity index (χ0v) is 24.0. The number of rotatable bonds is 8. The summed E-state index contributed by atoms with van der Waals surface area (Å²) in [6.45, 7) is 5.68. The molecule has 0 radical (unpaired) electrons. The van der Waals surface area contributed by atoms with Gasteiger partial charge < -0.3 is 25.8 Å². The highest BCUT2D eigenvalue weighted by atomic mass is 16.6. The van der Waals surface area contributed by atoms with Crippen LogP contribution in [0.3, 0.4) is 0 Å². The van der Waals surface area contributed by atoms with Crippen LogP contribution < -0.4 is 16.0 Å². The third-order valence-corrected chi connectivity index (χ3v) is 7.05. The van der Waals surface area contributed by atoms with Crippen molar-refractivity contribution in [2.45, 2.75) is 51.3 Å². The number of nitrogens with one attached hydrogen (secondary N) is 1. The summed E-state index contributed by atoms with van der Waals surface area (Å²) in [5, 5.41) is 12.8. The summed E-state index contributed by atoms with van der Waals surface area (Å²) in [5.41, 5.74) is 6.53. The Kier molecular flexibility index (Phi) is 8.84. The van der Waals surface area contributed by atoms with E-state index in [0.29, 0.717) is 18.5 Å². The van der Waals surface area contributed by atoms with E-state index in [1.165, 1.54) is 4.90 Å². The van der Waals surface area contributed by atoms with Crippen LogP contribution in [0.15, 0.2) is 78.9 Å². The van der Waals surface area contributed by atoms with Crippen LogP contribution in [0.5, 0.6) is 0 Å². The maximum Gasteiger partial charge on any atom is 0.407 e. The third-order valence-electron chi connectivity index (χ3n) is 7.05. The summed E-state index contributed by atoms with van der Waals surface area (Å²) in [4.78, 5) is 54.4. The van der Waals surface area contributed by atoms with Crippen molar-refractivity contribution >= 4 is 29.7 Å². The smallest absolute Gasteiger partial charge is 0.407 e. The molecule has 0 spiro atoms. The molecule has 0 aliphatic carbocycles. The van der Waals surface area contributed by atoms with Gasteiger partial charge in [0.15, 0.2) is 0 Å². The minimum atomic E-state index is -1.52. The van der Waals surface area contributed by atoms with Crippen LogP contribution >= 0.6 is 0 Å². The number of benzene rings is 3. The van der Waals surface area contributed by atoms with Crippen LogP contribution in [0.4, 0.5) is 15.3 Å². The number of nitrogens with zero attached hydrogens (tertiary/aromatic N) is 2. The Balaban J connectivity index is 1.76. The molecule has 220 valence electrons. The van der Waals surface area contributed by atoms with Crippen LogP contribution in [-0.4, -0.2) is 52.7 Å². The van der Waals surface area contributed by atoms with Gasteiger partial charge in [0.1, 0.15) is 11.1 Å². The number of ether oxygens (including phenoxy) is 1. The van der Waals surface area contributed by atoms with Crippen LogP contribution in [0.2, 0.25) is 0 Å². The highest BCUT2D eigenvalue weighted by Crippen LogP contribution is 2.42. The number of urea groups is 1. The van der Waals surface area contributed by atoms with Gasteiger partial charge in [-0.05, 0) is 56.0 Å². The lowest BCUT2D eigenvalue weighted by Crippen LogP contribution is -2.58. The average molecular weight is 573 g/mol. The van der Waals surface area contributed by atoms with Gasteiger partial charge >= 0.3 is 18.1 Å². The molecule has 4 amide bonds. The number of carbonyl (C=O) groups excluding carboxylic acids is 3. The van der Waals surface area contributed by atoms with Crippen molar-refractivity contribution in [3.8, 4) is 0 Å². The number of carbonyl (C=O) groups is 4. The first kappa shape index (κ1) is 30.1. The summed E-state index contributed by atoms with van der Waals surface area (Å²) < 4.78 is 5.29. The Morgan fingerprint density at radius 3 is 2.21 bits per heavy atom. The lowest BCUT2D eigenvalue weighted by atomic mass is 9.83. The minimum absolute atomic E-state index is 0.0991. The number of fused-ring (bicyclic) bond motifs is 1. The molecule has 1 atom stereocenters.